The van der Waals surface area contributed by atoms with Crippen molar-refractivity contribution in [1.82, 2.24) is 4.90 Å². The van der Waals surface area contributed by atoms with Crippen molar-refractivity contribution < 1.29 is 9.53 Å². The average Bonchev–Trinajstić information content (AvgIpc) is 2.72. The molecule has 0 amide bonds. The van der Waals surface area contributed by atoms with Crippen molar-refractivity contribution in [3.8, 4) is 0 Å². The quantitative estimate of drug-likeness (QED) is 0.633. The van der Waals surface area contributed by atoms with E-state index >= 15 is 0 Å². The topological polar surface area (TPSA) is 29.5 Å². The van der Waals surface area contributed by atoms with E-state index in [2.05, 4.69) is 11.8 Å². The summed E-state index contributed by atoms with van der Waals surface area (Å²) in [5.74, 6) is -0.0612. The molecule has 15 heavy (non-hydrogen) atoms. The first kappa shape index (κ1) is 12.5. The monoisotopic (exact) mass is 213 g/mol. The largest absolute Gasteiger partial charge is 0.466 e. The first-order chi connectivity index (χ1) is 7.27. The Balaban J connectivity index is 2.23. The Hall–Kier alpha value is -0.570. The fourth-order valence-corrected chi connectivity index (χ4v) is 2.34. The van der Waals surface area contributed by atoms with E-state index in [1.165, 1.54) is 25.7 Å². The normalized spacial score (nSPS) is 17.3. The maximum absolute atomic E-state index is 11.2. The summed E-state index contributed by atoms with van der Waals surface area (Å²) in [6.45, 7) is 6.42. The Morgan fingerprint density at radius 1 is 1.33 bits per heavy atom. The van der Waals surface area contributed by atoms with Crippen molar-refractivity contribution in [2.45, 2.75) is 52.0 Å². The van der Waals surface area contributed by atoms with E-state index in [4.69, 9.17) is 4.74 Å². The third kappa shape index (κ3) is 4.20. The first-order valence-corrected chi connectivity index (χ1v) is 6.17. The maximum Gasteiger partial charge on any atom is 0.307 e. The molecule has 0 aliphatic heterocycles. The molecule has 0 bridgehead atoms. The van der Waals surface area contributed by atoms with Gasteiger partial charge < -0.3 is 9.64 Å². The van der Waals surface area contributed by atoms with E-state index in [1.54, 1.807) is 0 Å². The predicted octanol–water partition coefficient (Wildman–Crippen LogP) is 2.20. The van der Waals surface area contributed by atoms with Crippen molar-refractivity contribution in [1.29, 1.82) is 0 Å². The van der Waals surface area contributed by atoms with E-state index in [-0.39, 0.29) is 5.97 Å². The zero-order valence-electron chi connectivity index (χ0n) is 10.00. The summed E-state index contributed by atoms with van der Waals surface area (Å²) in [5, 5.41) is 0. The standard InChI is InChI=1S/C12H23NO2/c1-3-13(11-7-5-6-8-11)10-9-12(14)15-4-2/h11H,3-10H2,1-2H3. The van der Waals surface area contributed by atoms with Gasteiger partial charge in [0.25, 0.3) is 0 Å². The predicted molar refractivity (Wildman–Crippen MR) is 60.8 cm³/mol. The van der Waals surface area contributed by atoms with Gasteiger partial charge in [-0.2, -0.15) is 0 Å². The highest BCUT2D eigenvalue weighted by Crippen LogP contribution is 2.23. The minimum Gasteiger partial charge on any atom is -0.466 e. The van der Waals surface area contributed by atoms with Crippen LogP contribution in [0, 0.1) is 0 Å². The number of esters is 1. The lowest BCUT2D eigenvalue weighted by Crippen LogP contribution is -2.35. The Morgan fingerprint density at radius 2 is 2.00 bits per heavy atom. The molecule has 0 saturated heterocycles. The van der Waals surface area contributed by atoms with Crippen molar-refractivity contribution in [2.75, 3.05) is 19.7 Å². The van der Waals surface area contributed by atoms with E-state index in [0.29, 0.717) is 19.1 Å². The molecule has 0 unspecified atom stereocenters. The Labute approximate surface area is 92.8 Å². The molecular weight excluding hydrogens is 190 g/mol. The van der Waals surface area contributed by atoms with Crippen LogP contribution in [-0.4, -0.2) is 36.6 Å². The summed E-state index contributed by atoms with van der Waals surface area (Å²) in [6, 6.07) is 0.712. The molecule has 3 heteroatoms. The molecule has 1 aliphatic rings. The summed E-state index contributed by atoms with van der Waals surface area (Å²) < 4.78 is 4.93. The average molecular weight is 213 g/mol. The van der Waals surface area contributed by atoms with Crippen LogP contribution < -0.4 is 0 Å². The van der Waals surface area contributed by atoms with Crippen LogP contribution in [0.4, 0.5) is 0 Å². The van der Waals surface area contributed by atoms with E-state index in [9.17, 15) is 4.79 Å². The van der Waals surface area contributed by atoms with Gasteiger partial charge in [-0.3, -0.25) is 4.79 Å². The molecule has 0 aromatic heterocycles. The number of rotatable bonds is 6. The van der Waals surface area contributed by atoms with Crippen LogP contribution in [0.3, 0.4) is 0 Å². The SMILES string of the molecule is CCOC(=O)CCN(CC)C1CCCC1. The lowest BCUT2D eigenvalue weighted by atomic mass is 10.2. The molecule has 88 valence electrons. The van der Waals surface area contributed by atoms with E-state index < -0.39 is 0 Å². The van der Waals surface area contributed by atoms with E-state index in [1.807, 2.05) is 6.92 Å². The van der Waals surface area contributed by atoms with Crippen LogP contribution in [0.25, 0.3) is 0 Å². The van der Waals surface area contributed by atoms with Gasteiger partial charge in [-0.05, 0) is 26.3 Å². The second kappa shape index (κ2) is 6.83. The van der Waals surface area contributed by atoms with Crippen LogP contribution in [0.5, 0.6) is 0 Å². The Morgan fingerprint density at radius 3 is 2.53 bits per heavy atom. The van der Waals surface area contributed by atoms with Crippen molar-refractivity contribution in [3.63, 3.8) is 0 Å². The zero-order valence-corrected chi connectivity index (χ0v) is 10.00. The molecule has 1 saturated carbocycles. The van der Waals surface area contributed by atoms with Gasteiger partial charge in [0.1, 0.15) is 0 Å². The molecule has 0 atom stereocenters. The molecule has 0 aromatic carbocycles. The third-order valence-electron chi connectivity index (χ3n) is 3.16. The van der Waals surface area contributed by atoms with Gasteiger partial charge in [0.15, 0.2) is 0 Å². The molecule has 1 aliphatic carbocycles. The van der Waals surface area contributed by atoms with Crippen molar-refractivity contribution in [3.05, 3.63) is 0 Å². The highest BCUT2D eigenvalue weighted by atomic mass is 16.5. The Kier molecular flexibility index (Phi) is 5.69. The molecule has 0 heterocycles. The summed E-state index contributed by atoms with van der Waals surface area (Å²) in [6.07, 6.45) is 5.84. The lowest BCUT2D eigenvalue weighted by Gasteiger charge is -2.26. The highest BCUT2D eigenvalue weighted by molar-refractivity contribution is 5.69. The number of ether oxygens (including phenoxy) is 1. The second-order valence-corrected chi connectivity index (χ2v) is 4.12. The maximum atomic E-state index is 11.2. The first-order valence-electron chi connectivity index (χ1n) is 6.17. The second-order valence-electron chi connectivity index (χ2n) is 4.12. The van der Waals surface area contributed by atoms with Crippen LogP contribution in [-0.2, 0) is 9.53 Å². The summed E-state index contributed by atoms with van der Waals surface area (Å²) in [5.41, 5.74) is 0. The molecule has 0 radical (unpaired) electrons. The van der Waals surface area contributed by atoms with Gasteiger partial charge in [0, 0.05) is 12.6 Å². The smallest absolute Gasteiger partial charge is 0.307 e. The summed E-state index contributed by atoms with van der Waals surface area (Å²) in [7, 11) is 0. The Bertz CT molecular complexity index is 188. The fourth-order valence-electron chi connectivity index (χ4n) is 2.34. The molecule has 1 rings (SSSR count). The third-order valence-corrected chi connectivity index (χ3v) is 3.16. The van der Waals surface area contributed by atoms with Crippen molar-refractivity contribution in [2.24, 2.45) is 0 Å². The minimum absolute atomic E-state index is 0.0612. The molecule has 1 fully saturated rings. The zero-order chi connectivity index (χ0) is 11.1. The molecule has 3 nitrogen and oxygen atoms in total. The summed E-state index contributed by atoms with van der Waals surface area (Å²) >= 11 is 0. The number of carbonyl (C=O) groups is 1. The minimum atomic E-state index is -0.0612. The van der Waals surface area contributed by atoms with Gasteiger partial charge in [-0.15, -0.1) is 0 Å². The van der Waals surface area contributed by atoms with Crippen LogP contribution in [0.15, 0.2) is 0 Å². The molecule has 0 spiro atoms. The lowest BCUT2D eigenvalue weighted by molar-refractivity contribution is -0.143. The number of nitrogens with zero attached hydrogens (tertiary/aromatic N) is 1. The van der Waals surface area contributed by atoms with E-state index in [0.717, 1.165) is 13.1 Å². The number of carbonyl (C=O) groups excluding carboxylic acids is 1. The van der Waals surface area contributed by atoms with Gasteiger partial charge in [0.2, 0.25) is 0 Å². The van der Waals surface area contributed by atoms with Gasteiger partial charge in [-0.25, -0.2) is 0 Å². The van der Waals surface area contributed by atoms with Crippen molar-refractivity contribution >= 4 is 5.97 Å². The van der Waals surface area contributed by atoms with Crippen LogP contribution in [0.2, 0.25) is 0 Å². The number of hydrogen-bond acceptors (Lipinski definition) is 3. The van der Waals surface area contributed by atoms with Gasteiger partial charge >= 0.3 is 5.97 Å². The summed E-state index contributed by atoms with van der Waals surface area (Å²) in [4.78, 5) is 13.6. The molecule has 0 N–H and O–H groups in total. The van der Waals surface area contributed by atoms with Crippen LogP contribution in [0.1, 0.15) is 46.0 Å². The van der Waals surface area contributed by atoms with Gasteiger partial charge in [0.05, 0.1) is 13.0 Å². The fraction of sp³-hybridized carbons (Fsp3) is 0.917. The number of hydrogen-bond donors (Lipinski definition) is 0. The van der Waals surface area contributed by atoms with Crippen LogP contribution >= 0.6 is 0 Å². The molecular formula is C12H23NO2. The van der Waals surface area contributed by atoms with Gasteiger partial charge in [-0.1, -0.05) is 19.8 Å². The highest BCUT2D eigenvalue weighted by Gasteiger charge is 2.21. The molecule has 0 aromatic rings.